The van der Waals surface area contributed by atoms with Crippen LogP contribution in [0, 0.1) is 0 Å². The first-order chi connectivity index (χ1) is 13.4. The molecule has 0 aliphatic heterocycles. The largest absolute Gasteiger partial charge is 0.452 e. The number of carbonyl (C=O) groups excluding carboxylic acids is 3. The Bertz CT molecular complexity index is 1030. The lowest BCUT2D eigenvalue weighted by Crippen LogP contribution is -2.31. The average molecular weight is 376 g/mol. The van der Waals surface area contributed by atoms with E-state index in [1.54, 1.807) is 0 Å². The lowest BCUT2D eigenvalue weighted by molar-refractivity contribution is -0.124. The van der Waals surface area contributed by atoms with Gasteiger partial charge in [-0.3, -0.25) is 9.59 Å². The number of esters is 1. The quantitative estimate of drug-likeness (QED) is 0.646. The molecular formula is C22H20N2O4. The summed E-state index contributed by atoms with van der Waals surface area (Å²) in [4.78, 5) is 35.2. The van der Waals surface area contributed by atoms with Gasteiger partial charge in [-0.2, -0.15) is 0 Å². The maximum Gasteiger partial charge on any atom is 0.338 e. The maximum absolute atomic E-state index is 12.1. The molecule has 0 aliphatic rings. The van der Waals surface area contributed by atoms with Gasteiger partial charge in [0, 0.05) is 5.56 Å². The Morgan fingerprint density at radius 2 is 1.57 bits per heavy atom. The van der Waals surface area contributed by atoms with E-state index in [0.29, 0.717) is 5.56 Å². The molecule has 6 heteroatoms. The Morgan fingerprint density at radius 1 is 0.929 bits per heavy atom. The number of fused-ring (bicyclic) bond motifs is 1. The van der Waals surface area contributed by atoms with E-state index in [4.69, 9.17) is 10.5 Å². The second-order valence-corrected chi connectivity index (χ2v) is 6.41. The van der Waals surface area contributed by atoms with E-state index < -0.39 is 24.4 Å². The topological polar surface area (TPSA) is 98.5 Å². The maximum atomic E-state index is 12.1. The Kier molecular flexibility index (Phi) is 5.69. The van der Waals surface area contributed by atoms with Crippen molar-refractivity contribution in [2.24, 2.45) is 5.73 Å². The number of rotatable bonds is 6. The smallest absolute Gasteiger partial charge is 0.338 e. The Labute approximate surface area is 162 Å². The van der Waals surface area contributed by atoms with E-state index in [-0.39, 0.29) is 11.6 Å². The van der Waals surface area contributed by atoms with E-state index >= 15 is 0 Å². The number of ether oxygens (including phenoxy) is 1. The summed E-state index contributed by atoms with van der Waals surface area (Å²) in [6.45, 7) is 1.47. The van der Waals surface area contributed by atoms with Gasteiger partial charge in [0.15, 0.2) is 6.61 Å². The lowest BCUT2D eigenvalue weighted by Gasteiger charge is -2.15. The number of primary amides is 1. The van der Waals surface area contributed by atoms with Crippen LogP contribution in [0.15, 0.2) is 66.7 Å². The molecule has 142 valence electrons. The van der Waals surface area contributed by atoms with Crippen molar-refractivity contribution in [2.45, 2.75) is 13.0 Å². The molecule has 1 atom stereocenters. The number of hydrogen-bond donors (Lipinski definition) is 2. The van der Waals surface area contributed by atoms with Crippen molar-refractivity contribution in [1.29, 1.82) is 0 Å². The fourth-order valence-corrected chi connectivity index (χ4v) is 2.83. The highest BCUT2D eigenvalue weighted by molar-refractivity contribution is 5.95. The molecule has 0 fully saturated rings. The van der Waals surface area contributed by atoms with Crippen LogP contribution < -0.4 is 11.1 Å². The summed E-state index contributed by atoms with van der Waals surface area (Å²) in [5, 5.41) is 5.03. The third kappa shape index (κ3) is 4.54. The number of carbonyl (C=O) groups is 3. The van der Waals surface area contributed by atoms with Crippen LogP contribution in [-0.4, -0.2) is 24.4 Å². The number of nitrogens with two attached hydrogens (primary N) is 1. The van der Waals surface area contributed by atoms with Crippen molar-refractivity contribution >= 4 is 28.6 Å². The molecule has 2 amide bonds. The molecule has 0 bridgehead atoms. The van der Waals surface area contributed by atoms with Crippen molar-refractivity contribution in [3.05, 3.63) is 83.4 Å². The molecule has 0 unspecified atom stereocenters. The molecule has 3 aromatic carbocycles. The predicted molar refractivity (Wildman–Crippen MR) is 106 cm³/mol. The normalized spacial score (nSPS) is 11.6. The molecule has 6 nitrogen and oxygen atoms in total. The summed E-state index contributed by atoms with van der Waals surface area (Å²) >= 11 is 0. The van der Waals surface area contributed by atoms with Gasteiger partial charge in [-0.25, -0.2) is 4.79 Å². The molecule has 3 N–H and O–H groups in total. The minimum Gasteiger partial charge on any atom is -0.452 e. The first-order valence-corrected chi connectivity index (χ1v) is 8.79. The van der Waals surface area contributed by atoms with Crippen LogP contribution in [0.1, 0.15) is 39.2 Å². The van der Waals surface area contributed by atoms with E-state index in [1.807, 2.05) is 49.4 Å². The summed E-state index contributed by atoms with van der Waals surface area (Å²) in [6.07, 6.45) is 0. The van der Waals surface area contributed by atoms with Crippen molar-refractivity contribution in [2.75, 3.05) is 6.61 Å². The van der Waals surface area contributed by atoms with Gasteiger partial charge in [0.2, 0.25) is 5.91 Å². The second-order valence-electron chi connectivity index (χ2n) is 6.41. The van der Waals surface area contributed by atoms with E-state index in [1.165, 1.54) is 24.3 Å². The first kappa shape index (κ1) is 19.1. The van der Waals surface area contributed by atoms with Gasteiger partial charge in [-0.1, -0.05) is 36.4 Å². The van der Waals surface area contributed by atoms with Crippen LogP contribution in [0.25, 0.3) is 10.8 Å². The Hall–Kier alpha value is -3.67. The SMILES string of the molecule is C[C@@H](NC(=O)COC(=O)c1ccc(C(N)=O)cc1)c1ccc2ccccc2c1. The van der Waals surface area contributed by atoms with Gasteiger partial charge in [-0.05, 0) is 53.6 Å². The Balaban J connectivity index is 1.55. The van der Waals surface area contributed by atoms with Crippen molar-refractivity contribution in [3.8, 4) is 0 Å². The summed E-state index contributed by atoms with van der Waals surface area (Å²) < 4.78 is 5.03. The van der Waals surface area contributed by atoms with Gasteiger partial charge in [0.25, 0.3) is 5.91 Å². The highest BCUT2D eigenvalue weighted by atomic mass is 16.5. The van der Waals surface area contributed by atoms with Crippen molar-refractivity contribution in [3.63, 3.8) is 0 Å². The molecule has 0 aliphatic carbocycles. The summed E-state index contributed by atoms with van der Waals surface area (Å²) in [5.41, 5.74) is 6.64. The Morgan fingerprint density at radius 3 is 2.25 bits per heavy atom. The van der Waals surface area contributed by atoms with E-state index in [9.17, 15) is 14.4 Å². The highest BCUT2D eigenvalue weighted by Crippen LogP contribution is 2.20. The molecule has 0 spiro atoms. The third-order valence-electron chi connectivity index (χ3n) is 4.39. The van der Waals surface area contributed by atoms with Crippen LogP contribution >= 0.6 is 0 Å². The average Bonchev–Trinajstić information content (AvgIpc) is 2.71. The minimum atomic E-state index is -0.649. The van der Waals surface area contributed by atoms with E-state index in [0.717, 1.165) is 16.3 Å². The van der Waals surface area contributed by atoms with Crippen LogP contribution in [0.2, 0.25) is 0 Å². The zero-order valence-corrected chi connectivity index (χ0v) is 15.3. The molecule has 3 aromatic rings. The van der Waals surface area contributed by atoms with Gasteiger partial charge in [-0.15, -0.1) is 0 Å². The fraction of sp³-hybridized carbons (Fsp3) is 0.136. The summed E-state index contributed by atoms with van der Waals surface area (Å²) in [7, 11) is 0. The molecule has 3 rings (SSSR count). The van der Waals surface area contributed by atoms with Crippen LogP contribution in [0.4, 0.5) is 0 Å². The summed E-state index contributed by atoms with van der Waals surface area (Å²) in [6, 6.07) is 19.4. The van der Waals surface area contributed by atoms with Gasteiger partial charge < -0.3 is 15.8 Å². The van der Waals surface area contributed by atoms with Gasteiger partial charge >= 0.3 is 5.97 Å². The lowest BCUT2D eigenvalue weighted by atomic mass is 10.0. The second kappa shape index (κ2) is 8.35. The number of nitrogens with one attached hydrogen (secondary N) is 1. The zero-order valence-electron chi connectivity index (χ0n) is 15.3. The summed E-state index contributed by atoms with van der Waals surface area (Å²) in [5.74, 6) is -1.63. The zero-order chi connectivity index (χ0) is 20.1. The molecule has 0 heterocycles. The monoisotopic (exact) mass is 376 g/mol. The molecule has 0 aromatic heterocycles. The first-order valence-electron chi connectivity index (χ1n) is 8.79. The van der Waals surface area contributed by atoms with Crippen molar-refractivity contribution in [1.82, 2.24) is 5.32 Å². The molecule has 0 saturated carbocycles. The van der Waals surface area contributed by atoms with Crippen LogP contribution in [-0.2, 0) is 9.53 Å². The fourth-order valence-electron chi connectivity index (χ4n) is 2.83. The molecule has 28 heavy (non-hydrogen) atoms. The standard InChI is InChI=1S/C22H20N2O4/c1-14(18-11-6-15-4-2-3-5-19(15)12-18)24-20(25)13-28-22(27)17-9-7-16(8-10-17)21(23)26/h2-12,14H,13H2,1H3,(H2,23,26)(H,24,25)/t14-/m1/s1. The van der Waals surface area contributed by atoms with Crippen LogP contribution in [0.3, 0.4) is 0 Å². The minimum absolute atomic E-state index is 0.231. The van der Waals surface area contributed by atoms with E-state index in [2.05, 4.69) is 5.32 Å². The molecule has 0 saturated heterocycles. The number of hydrogen-bond acceptors (Lipinski definition) is 4. The third-order valence-corrected chi connectivity index (χ3v) is 4.39. The number of amides is 2. The molecule has 0 radical (unpaired) electrons. The predicted octanol–water partition coefficient (Wildman–Crippen LogP) is 2.97. The highest BCUT2D eigenvalue weighted by Gasteiger charge is 2.14. The van der Waals surface area contributed by atoms with Gasteiger partial charge in [0.05, 0.1) is 11.6 Å². The van der Waals surface area contributed by atoms with Crippen LogP contribution in [0.5, 0.6) is 0 Å². The van der Waals surface area contributed by atoms with Gasteiger partial charge in [0.1, 0.15) is 0 Å². The molecular weight excluding hydrogens is 356 g/mol. The van der Waals surface area contributed by atoms with Crippen molar-refractivity contribution < 1.29 is 19.1 Å². The number of benzene rings is 3.